The van der Waals surface area contributed by atoms with Crippen LogP contribution in [0.25, 0.3) is 11.0 Å². The van der Waals surface area contributed by atoms with Crippen LogP contribution in [0.3, 0.4) is 0 Å². The summed E-state index contributed by atoms with van der Waals surface area (Å²) in [7, 11) is 1.52. The van der Waals surface area contributed by atoms with E-state index in [2.05, 4.69) is 16.8 Å². The van der Waals surface area contributed by atoms with E-state index in [-0.39, 0.29) is 18.4 Å². The van der Waals surface area contributed by atoms with Crippen molar-refractivity contribution in [3.8, 4) is 0 Å². The van der Waals surface area contributed by atoms with E-state index in [9.17, 15) is 9.59 Å². The minimum atomic E-state index is -0.0789. The van der Waals surface area contributed by atoms with Crippen LogP contribution in [-0.2, 0) is 27.3 Å². The number of benzene rings is 1. The fourth-order valence-corrected chi connectivity index (χ4v) is 4.18. The van der Waals surface area contributed by atoms with Crippen molar-refractivity contribution in [1.82, 2.24) is 19.8 Å². The van der Waals surface area contributed by atoms with Crippen LogP contribution in [0.5, 0.6) is 0 Å². The summed E-state index contributed by atoms with van der Waals surface area (Å²) in [6, 6.07) is 8.36. The maximum absolute atomic E-state index is 13.0. The molecule has 1 aliphatic heterocycles. The van der Waals surface area contributed by atoms with E-state index in [1.807, 2.05) is 29.2 Å². The molecule has 1 fully saturated rings. The molecule has 1 N–H and O–H groups in total. The SMILES string of the molecule is COCC(=O)NCCCCCc1nc2ccccc2n1CC(=O)N1CCCCC1C. The molecule has 30 heavy (non-hydrogen) atoms. The van der Waals surface area contributed by atoms with Gasteiger partial charge in [-0.1, -0.05) is 18.6 Å². The van der Waals surface area contributed by atoms with Gasteiger partial charge in [-0.2, -0.15) is 0 Å². The van der Waals surface area contributed by atoms with Crippen LogP contribution in [0.1, 0.15) is 51.3 Å². The molecule has 1 unspecified atom stereocenters. The highest BCUT2D eigenvalue weighted by Crippen LogP contribution is 2.21. The van der Waals surface area contributed by atoms with Crippen molar-refractivity contribution in [2.45, 2.75) is 64.5 Å². The third-order valence-corrected chi connectivity index (χ3v) is 5.83. The third kappa shape index (κ3) is 5.81. The van der Waals surface area contributed by atoms with Gasteiger partial charge in [-0.3, -0.25) is 9.59 Å². The Labute approximate surface area is 178 Å². The van der Waals surface area contributed by atoms with E-state index in [0.29, 0.717) is 19.1 Å². The van der Waals surface area contributed by atoms with Gasteiger partial charge in [0.15, 0.2) is 0 Å². The number of hydrogen-bond donors (Lipinski definition) is 1. The summed E-state index contributed by atoms with van der Waals surface area (Å²) in [4.78, 5) is 31.3. The maximum Gasteiger partial charge on any atom is 0.245 e. The van der Waals surface area contributed by atoms with Crippen LogP contribution in [-0.4, -0.2) is 59.1 Å². The zero-order valence-corrected chi connectivity index (χ0v) is 18.2. The number of piperidine rings is 1. The number of aryl methyl sites for hydroxylation is 1. The first-order valence-corrected chi connectivity index (χ1v) is 11.1. The number of imidazole rings is 1. The van der Waals surface area contributed by atoms with Gasteiger partial charge in [0.2, 0.25) is 11.8 Å². The summed E-state index contributed by atoms with van der Waals surface area (Å²) in [5, 5.41) is 2.85. The van der Waals surface area contributed by atoms with Crippen molar-refractivity contribution >= 4 is 22.8 Å². The summed E-state index contributed by atoms with van der Waals surface area (Å²) < 4.78 is 6.91. The van der Waals surface area contributed by atoms with Crippen molar-refractivity contribution in [1.29, 1.82) is 0 Å². The number of carbonyl (C=O) groups is 2. The number of fused-ring (bicyclic) bond motifs is 1. The minimum Gasteiger partial charge on any atom is -0.375 e. The molecule has 1 aromatic heterocycles. The molecule has 1 aliphatic rings. The molecule has 3 rings (SSSR count). The predicted molar refractivity (Wildman–Crippen MR) is 117 cm³/mol. The molecule has 164 valence electrons. The fourth-order valence-electron chi connectivity index (χ4n) is 4.18. The second kappa shape index (κ2) is 11.1. The highest BCUT2D eigenvalue weighted by Gasteiger charge is 2.24. The Hall–Kier alpha value is -2.41. The van der Waals surface area contributed by atoms with Gasteiger partial charge in [-0.15, -0.1) is 0 Å². The second-order valence-corrected chi connectivity index (χ2v) is 8.13. The van der Waals surface area contributed by atoms with Gasteiger partial charge in [0.05, 0.1) is 11.0 Å². The van der Waals surface area contributed by atoms with E-state index in [1.165, 1.54) is 13.5 Å². The number of methoxy groups -OCH3 is 1. The Morgan fingerprint density at radius 1 is 1.20 bits per heavy atom. The largest absolute Gasteiger partial charge is 0.375 e. The molecule has 0 saturated carbocycles. The lowest BCUT2D eigenvalue weighted by atomic mass is 10.0. The Morgan fingerprint density at radius 3 is 2.83 bits per heavy atom. The number of ether oxygens (including phenoxy) is 1. The number of likely N-dealkylation sites (tertiary alicyclic amines) is 1. The zero-order valence-electron chi connectivity index (χ0n) is 18.2. The lowest BCUT2D eigenvalue weighted by molar-refractivity contribution is -0.135. The molecule has 1 atom stereocenters. The van der Waals surface area contributed by atoms with Crippen molar-refractivity contribution in [2.24, 2.45) is 0 Å². The molecule has 7 nitrogen and oxygen atoms in total. The van der Waals surface area contributed by atoms with Crippen molar-refractivity contribution in [2.75, 3.05) is 26.8 Å². The number of rotatable bonds is 10. The lowest BCUT2D eigenvalue weighted by Gasteiger charge is -2.33. The van der Waals surface area contributed by atoms with E-state index in [1.54, 1.807) is 0 Å². The Balaban J connectivity index is 1.59. The van der Waals surface area contributed by atoms with Gasteiger partial charge in [0, 0.05) is 32.7 Å². The van der Waals surface area contributed by atoms with Crippen LogP contribution in [0.15, 0.2) is 24.3 Å². The smallest absolute Gasteiger partial charge is 0.245 e. The summed E-state index contributed by atoms with van der Waals surface area (Å²) in [5.74, 6) is 1.08. The van der Waals surface area contributed by atoms with E-state index in [4.69, 9.17) is 9.72 Å². The standard InChI is InChI=1S/C23H34N4O3/c1-18-10-7-9-15-26(18)23(29)16-27-20-12-6-5-11-19(20)25-21(27)13-4-3-8-14-24-22(28)17-30-2/h5-6,11-12,18H,3-4,7-10,13-17H2,1-2H3,(H,24,28). The van der Waals surface area contributed by atoms with Crippen LogP contribution in [0.4, 0.5) is 0 Å². The first-order chi connectivity index (χ1) is 14.6. The Kier molecular flexibility index (Phi) is 8.25. The Bertz CT molecular complexity index is 848. The minimum absolute atomic E-state index is 0.0789. The summed E-state index contributed by atoms with van der Waals surface area (Å²) in [5.41, 5.74) is 1.97. The molecule has 2 amide bonds. The van der Waals surface area contributed by atoms with Crippen LogP contribution in [0.2, 0.25) is 0 Å². The number of para-hydroxylation sites is 2. The molecular formula is C23H34N4O3. The Morgan fingerprint density at radius 2 is 2.03 bits per heavy atom. The zero-order chi connectivity index (χ0) is 21.3. The average molecular weight is 415 g/mol. The van der Waals surface area contributed by atoms with Crippen LogP contribution < -0.4 is 5.32 Å². The topological polar surface area (TPSA) is 76.5 Å². The predicted octanol–water partition coefficient (Wildman–Crippen LogP) is 2.91. The lowest BCUT2D eigenvalue weighted by Crippen LogP contribution is -2.43. The number of carbonyl (C=O) groups excluding carboxylic acids is 2. The highest BCUT2D eigenvalue weighted by molar-refractivity contribution is 5.81. The van der Waals surface area contributed by atoms with Gasteiger partial charge < -0.3 is 19.5 Å². The average Bonchev–Trinajstić information content (AvgIpc) is 3.08. The number of unbranched alkanes of at least 4 members (excludes halogenated alkanes) is 2. The van der Waals surface area contributed by atoms with Gasteiger partial charge >= 0.3 is 0 Å². The highest BCUT2D eigenvalue weighted by atomic mass is 16.5. The number of aromatic nitrogens is 2. The van der Waals surface area contributed by atoms with Crippen LogP contribution >= 0.6 is 0 Å². The van der Waals surface area contributed by atoms with Crippen LogP contribution in [0, 0.1) is 0 Å². The maximum atomic E-state index is 13.0. The van der Waals surface area contributed by atoms with Crippen molar-refractivity contribution < 1.29 is 14.3 Å². The fraction of sp³-hybridized carbons (Fsp3) is 0.609. The molecule has 0 spiro atoms. The number of hydrogen-bond acceptors (Lipinski definition) is 4. The van der Waals surface area contributed by atoms with E-state index >= 15 is 0 Å². The molecule has 2 heterocycles. The molecule has 0 radical (unpaired) electrons. The number of nitrogens with zero attached hydrogens (tertiary/aromatic N) is 3. The number of nitrogens with one attached hydrogen (secondary N) is 1. The normalized spacial score (nSPS) is 16.7. The molecular weight excluding hydrogens is 380 g/mol. The summed E-state index contributed by atoms with van der Waals surface area (Å²) in [6.45, 7) is 4.12. The van der Waals surface area contributed by atoms with Gasteiger partial charge in [0.1, 0.15) is 19.0 Å². The third-order valence-electron chi connectivity index (χ3n) is 5.83. The molecule has 0 bridgehead atoms. The van der Waals surface area contributed by atoms with Gasteiger partial charge in [-0.25, -0.2) is 4.98 Å². The van der Waals surface area contributed by atoms with Gasteiger partial charge in [-0.05, 0) is 51.2 Å². The summed E-state index contributed by atoms with van der Waals surface area (Å²) >= 11 is 0. The second-order valence-electron chi connectivity index (χ2n) is 8.13. The molecule has 2 aromatic rings. The first kappa shape index (κ1) is 22.3. The molecule has 1 saturated heterocycles. The van der Waals surface area contributed by atoms with E-state index < -0.39 is 0 Å². The van der Waals surface area contributed by atoms with E-state index in [0.717, 1.165) is 61.9 Å². The monoisotopic (exact) mass is 414 g/mol. The van der Waals surface area contributed by atoms with Crippen molar-refractivity contribution in [3.05, 3.63) is 30.1 Å². The number of amides is 2. The quantitative estimate of drug-likeness (QED) is 0.607. The summed E-state index contributed by atoms with van der Waals surface area (Å²) in [6.07, 6.45) is 7.09. The molecule has 0 aliphatic carbocycles. The van der Waals surface area contributed by atoms with Gasteiger partial charge in [0.25, 0.3) is 0 Å². The first-order valence-electron chi connectivity index (χ1n) is 11.1. The molecule has 7 heteroatoms. The molecule has 1 aromatic carbocycles. The van der Waals surface area contributed by atoms with Crippen molar-refractivity contribution in [3.63, 3.8) is 0 Å².